The van der Waals surface area contributed by atoms with Crippen molar-refractivity contribution in [2.75, 3.05) is 0 Å². The third kappa shape index (κ3) is 1.29. The van der Waals surface area contributed by atoms with Gasteiger partial charge < -0.3 is 0 Å². The number of benzene rings is 1. The van der Waals surface area contributed by atoms with Gasteiger partial charge in [0, 0.05) is 0 Å². The second-order valence-electron chi connectivity index (χ2n) is 3.44. The largest absolute Gasteiger partial charge is 0.0807 e. The molecule has 0 nitrogen and oxygen atoms in total. The fourth-order valence-corrected chi connectivity index (χ4v) is 1.85. The summed E-state index contributed by atoms with van der Waals surface area (Å²) in [5.74, 6) is 0. The molecule has 0 radical (unpaired) electrons. The van der Waals surface area contributed by atoms with E-state index in [0.717, 1.165) is 0 Å². The molecule has 12 heavy (non-hydrogen) atoms. The average molecular weight is 158 g/mol. The maximum Gasteiger partial charge on any atom is -0.0198 e. The van der Waals surface area contributed by atoms with Gasteiger partial charge in [-0.3, -0.25) is 0 Å². The normalized spacial score (nSPS) is 16.2. The van der Waals surface area contributed by atoms with E-state index < -0.39 is 0 Å². The van der Waals surface area contributed by atoms with E-state index in [-0.39, 0.29) is 0 Å². The van der Waals surface area contributed by atoms with Crippen molar-refractivity contribution in [3.05, 3.63) is 41.5 Å². The molecular weight excluding hydrogens is 144 g/mol. The lowest BCUT2D eigenvalue weighted by Gasteiger charge is -2.05. The Morgan fingerprint density at radius 1 is 1.17 bits per heavy atom. The smallest absolute Gasteiger partial charge is 0.0198 e. The second-order valence-corrected chi connectivity index (χ2v) is 3.44. The van der Waals surface area contributed by atoms with Crippen molar-refractivity contribution in [1.82, 2.24) is 0 Å². The molecule has 0 bridgehead atoms. The van der Waals surface area contributed by atoms with Crippen LogP contribution in [0.1, 0.15) is 30.4 Å². The lowest BCUT2D eigenvalue weighted by Crippen LogP contribution is -1.84. The van der Waals surface area contributed by atoms with Gasteiger partial charge in [0.1, 0.15) is 0 Å². The van der Waals surface area contributed by atoms with E-state index in [9.17, 15) is 0 Å². The van der Waals surface area contributed by atoms with E-state index in [1.54, 1.807) is 5.57 Å². The van der Waals surface area contributed by atoms with Crippen LogP contribution < -0.4 is 0 Å². The van der Waals surface area contributed by atoms with E-state index in [4.69, 9.17) is 0 Å². The van der Waals surface area contributed by atoms with Gasteiger partial charge in [0.05, 0.1) is 0 Å². The Bertz CT molecular complexity index is 308. The summed E-state index contributed by atoms with van der Waals surface area (Å²) in [6.45, 7) is 2.19. The number of rotatable bonds is 1. The Balaban J connectivity index is 2.39. The minimum absolute atomic E-state index is 1.27. The highest BCUT2D eigenvalue weighted by Crippen LogP contribution is 2.29. The maximum atomic E-state index is 2.38. The summed E-state index contributed by atoms with van der Waals surface area (Å²) in [4.78, 5) is 0. The highest BCUT2D eigenvalue weighted by Gasteiger charge is 2.07. The Morgan fingerprint density at radius 2 is 2.00 bits per heavy atom. The fourth-order valence-electron chi connectivity index (χ4n) is 1.85. The molecule has 0 N–H and O–H groups in total. The van der Waals surface area contributed by atoms with Gasteiger partial charge in [0.25, 0.3) is 0 Å². The van der Waals surface area contributed by atoms with Gasteiger partial charge in [-0.05, 0) is 42.9 Å². The number of aryl methyl sites for hydroxylation is 1. The van der Waals surface area contributed by atoms with Crippen LogP contribution in [0.5, 0.6) is 0 Å². The monoisotopic (exact) mass is 158 g/mol. The van der Waals surface area contributed by atoms with Crippen LogP contribution in [0.3, 0.4) is 0 Å². The predicted octanol–water partition coefficient (Wildman–Crippen LogP) is 3.56. The second kappa shape index (κ2) is 3.14. The predicted molar refractivity (Wildman–Crippen MR) is 53.0 cm³/mol. The SMILES string of the molecule is Cc1ccccc1C1=CCCC1. The summed E-state index contributed by atoms with van der Waals surface area (Å²) in [5, 5.41) is 0. The van der Waals surface area contributed by atoms with Gasteiger partial charge in [-0.15, -0.1) is 0 Å². The van der Waals surface area contributed by atoms with Gasteiger partial charge in [-0.1, -0.05) is 30.3 Å². The molecule has 0 fully saturated rings. The van der Waals surface area contributed by atoms with Crippen molar-refractivity contribution in [3.8, 4) is 0 Å². The van der Waals surface area contributed by atoms with Crippen LogP contribution in [0, 0.1) is 6.92 Å². The third-order valence-corrected chi connectivity index (χ3v) is 2.53. The van der Waals surface area contributed by atoms with Crippen molar-refractivity contribution < 1.29 is 0 Å². The summed E-state index contributed by atoms with van der Waals surface area (Å²) in [7, 11) is 0. The molecule has 1 aromatic rings. The first-order valence-electron chi connectivity index (χ1n) is 4.63. The molecule has 1 aromatic carbocycles. The van der Waals surface area contributed by atoms with Crippen molar-refractivity contribution in [3.63, 3.8) is 0 Å². The molecule has 0 unspecified atom stereocenters. The van der Waals surface area contributed by atoms with Gasteiger partial charge in [-0.25, -0.2) is 0 Å². The Hall–Kier alpha value is -1.04. The summed E-state index contributed by atoms with van der Waals surface area (Å²) in [5.41, 5.74) is 4.41. The summed E-state index contributed by atoms with van der Waals surface area (Å²) < 4.78 is 0. The van der Waals surface area contributed by atoms with E-state index >= 15 is 0 Å². The van der Waals surface area contributed by atoms with Crippen molar-refractivity contribution in [1.29, 1.82) is 0 Å². The van der Waals surface area contributed by atoms with Crippen LogP contribution in [-0.4, -0.2) is 0 Å². The van der Waals surface area contributed by atoms with E-state index in [1.807, 2.05) is 0 Å². The zero-order valence-corrected chi connectivity index (χ0v) is 7.51. The average Bonchev–Trinajstić information content (AvgIpc) is 2.57. The summed E-state index contributed by atoms with van der Waals surface area (Å²) >= 11 is 0. The van der Waals surface area contributed by atoms with Gasteiger partial charge in [-0.2, -0.15) is 0 Å². The molecular formula is C12H14. The van der Waals surface area contributed by atoms with Crippen LogP contribution >= 0.6 is 0 Å². The summed E-state index contributed by atoms with van der Waals surface area (Å²) in [6, 6.07) is 8.65. The van der Waals surface area contributed by atoms with Crippen molar-refractivity contribution in [2.45, 2.75) is 26.2 Å². The highest BCUT2D eigenvalue weighted by molar-refractivity contribution is 5.69. The number of hydrogen-bond acceptors (Lipinski definition) is 0. The molecule has 0 aliphatic heterocycles. The molecule has 2 rings (SSSR count). The lowest BCUT2D eigenvalue weighted by atomic mass is 10.0. The van der Waals surface area contributed by atoms with E-state index in [0.29, 0.717) is 0 Å². The highest BCUT2D eigenvalue weighted by atomic mass is 14.1. The van der Waals surface area contributed by atoms with Crippen LogP contribution in [-0.2, 0) is 0 Å². The molecule has 0 aromatic heterocycles. The third-order valence-electron chi connectivity index (χ3n) is 2.53. The van der Waals surface area contributed by atoms with Gasteiger partial charge >= 0.3 is 0 Å². The molecule has 0 spiro atoms. The topological polar surface area (TPSA) is 0 Å². The van der Waals surface area contributed by atoms with Gasteiger partial charge in [0.2, 0.25) is 0 Å². The molecule has 0 heteroatoms. The molecule has 0 atom stereocenters. The van der Waals surface area contributed by atoms with Crippen LogP contribution in [0.15, 0.2) is 30.3 Å². The molecule has 1 aliphatic carbocycles. The Labute approximate surface area is 73.9 Å². The molecule has 0 saturated carbocycles. The Morgan fingerprint density at radius 3 is 2.67 bits per heavy atom. The van der Waals surface area contributed by atoms with E-state index in [1.165, 1.54) is 30.4 Å². The number of hydrogen-bond donors (Lipinski definition) is 0. The zero-order valence-electron chi connectivity index (χ0n) is 7.51. The first-order chi connectivity index (χ1) is 5.88. The zero-order chi connectivity index (χ0) is 8.39. The fraction of sp³-hybridized carbons (Fsp3) is 0.333. The first kappa shape index (κ1) is 7.60. The first-order valence-corrected chi connectivity index (χ1v) is 4.63. The number of allylic oxidation sites excluding steroid dienone is 2. The Kier molecular flexibility index (Phi) is 1.99. The maximum absolute atomic E-state index is 2.38. The van der Waals surface area contributed by atoms with Crippen LogP contribution in [0.2, 0.25) is 0 Å². The molecule has 0 heterocycles. The van der Waals surface area contributed by atoms with Crippen molar-refractivity contribution in [2.24, 2.45) is 0 Å². The standard InChI is InChI=1S/C12H14/c1-10-6-2-5-9-12(10)11-7-3-4-8-11/h2,5-7,9H,3-4,8H2,1H3. The molecule has 0 saturated heterocycles. The minimum Gasteiger partial charge on any atom is -0.0807 e. The lowest BCUT2D eigenvalue weighted by molar-refractivity contribution is 0.935. The quantitative estimate of drug-likeness (QED) is 0.586. The van der Waals surface area contributed by atoms with E-state index in [2.05, 4.69) is 37.3 Å². The van der Waals surface area contributed by atoms with Gasteiger partial charge in [0.15, 0.2) is 0 Å². The molecule has 0 amide bonds. The van der Waals surface area contributed by atoms with Crippen LogP contribution in [0.4, 0.5) is 0 Å². The minimum atomic E-state index is 1.27. The van der Waals surface area contributed by atoms with Crippen molar-refractivity contribution >= 4 is 5.57 Å². The molecule has 1 aliphatic rings. The summed E-state index contributed by atoms with van der Waals surface area (Å²) in [6.07, 6.45) is 6.25. The van der Waals surface area contributed by atoms with Crippen LogP contribution in [0.25, 0.3) is 5.57 Å². The molecule has 62 valence electrons.